The zero-order chi connectivity index (χ0) is 14.0. The van der Waals surface area contributed by atoms with E-state index < -0.39 is 5.54 Å². The number of nitrogens with one attached hydrogen (secondary N) is 1. The second-order valence-electron chi connectivity index (χ2n) is 5.45. The van der Waals surface area contributed by atoms with E-state index in [4.69, 9.17) is 10.5 Å². The highest BCUT2D eigenvalue weighted by Crippen LogP contribution is 2.31. The van der Waals surface area contributed by atoms with Gasteiger partial charge >= 0.3 is 0 Å². The number of hydrogen-bond donors (Lipinski definition) is 2. The van der Waals surface area contributed by atoms with Gasteiger partial charge in [0.25, 0.3) is 0 Å². The topological polar surface area (TPSA) is 64.3 Å². The van der Waals surface area contributed by atoms with Gasteiger partial charge in [0.05, 0.1) is 18.7 Å². The third-order valence-electron chi connectivity index (χ3n) is 3.90. The van der Waals surface area contributed by atoms with Crippen molar-refractivity contribution in [3.8, 4) is 5.75 Å². The van der Waals surface area contributed by atoms with Gasteiger partial charge in [-0.25, -0.2) is 0 Å². The molecular formula is C15H23ClN2O2. The summed E-state index contributed by atoms with van der Waals surface area (Å²) in [6.07, 6.45) is 2.58. The number of ether oxygens (including phenoxy) is 1. The van der Waals surface area contributed by atoms with Crippen LogP contribution in [0, 0.1) is 6.92 Å². The average molecular weight is 299 g/mol. The molecule has 1 atom stereocenters. The van der Waals surface area contributed by atoms with Gasteiger partial charge in [0.1, 0.15) is 5.75 Å². The van der Waals surface area contributed by atoms with Crippen molar-refractivity contribution in [3.05, 3.63) is 29.3 Å². The molecule has 112 valence electrons. The van der Waals surface area contributed by atoms with E-state index in [2.05, 4.69) is 5.32 Å². The fourth-order valence-electron chi connectivity index (χ4n) is 2.40. The Kier molecular flexibility index (Phi) is 5.42. The number of halogens is 1. The Morgan fingerprint density at radius 2 is 2.10 bits per heavy atom. The number of carbonyl (C=O) groups excluding carboxylic acids is 1. The van der Waals surface area contributed by atoms with Crippen molar-refractivity contribution < 1.29 is 9.53 Å². The van der Waals surface area contributed by atoms with Crippen LogP contribution in [-0.4, -0.2) is 18.6 Å². The first kappa shape index (κ1) is 16.8. The van der Waals surface area contributed by atoms with Gasteiger partial charge in [0, 0.05) is 5.56 Å². The normalized spacial score (nSPS) is 17.4. The molecular weight excluding hydrogens is 276 g/mol. The first-order valence-electron chi connectivity index (χ1n) is 6.71. The lowest BCUT2D eigenvalue weighted by Crippen LogP contribution is -2.58. The van der Waals surface area contributed by atoms with Crippen molar-refractivity contribution in [2.75, 3.05) is 7.11 Å². The van der Waals surface area contributed by atoms with Crippen LogP contribution < -0.4 is 15.8 Å². The van der Waals surface area contributed by atoms with Gasteiger partial charge in [-0.1, -0.05) is 17.7 Å². The molecule has 3 N–H and O–H groups in total. The van der Waals surface area contributed by atoms with E-state index in [0.717, 1.165) is 36.1 Å². The fourth-order valence-corrected chi connectivity index (χ4v) is 2.40. The first-order chi connectivity index (χ1) is 8.96. The van der Waals surface area contributed by atoms with Gasteiger partial charge < -0.3 is 15.8 Å². The number of nitrogens with two attached hydrogens (primary N) is 1. The number of aryl methyl sites for hydroxylation is 1. The molecule has 1 aromatic rings. The van der Waals surface area contributed by atoms with Crippen LogP contribution in [-0.2, 0) is 4.79 Å². The monoisotopic (exact) mass is 298 g/mol. The number of rotatable bonds is 4. The number of hydrogen-bond acceptors (Lipinski definition) is 3. The number of benzene rings is 1. The molecule has 1 aliphatic carbocycles. The van der Waals surface area contributed by atoms with Crippen molar-refractivity contribution in [3.63, 3.8) is 0 Å². The van der Waals surface area contributed by atoms with Gasteiger partial charge in [0.15, 0.2) is 0 Å². The van der Waals surface area contributed by atoms with E-state index in [9.17, 15) is 4.79 Å². The molecule has 5 heteroatoms. The second kappa shape index (κ2) is 6.46. The molecule has 2 rings (SSSR count). The Morgan fingerprint density at radius 3 is 2.60 bits per heavy atom. The van der Waals surface area contributed by atoms with Crippen LogP contribution in [0.5, 0.6) is 5.75 Å². The van der Waals surface area contributed by atoms with Crippen molar-refractivity contribution in [2.45, 2.75) is 44.7 Å². The molecule has 0 aromatic heterocycles. The van der Waals surface area contributed by atoms with Crippen LogP contribution in [0.4, 0.5) is 0 Å². The Balaban J connectivity index is 0.00000200. The summed E-state index contributed by atoms with van der Waals surface area (Å²) in [6.45, 7) is 3.98. The van der Waals surface area contributed by atoms with Crippen molar-refractivity contribution in [2.24, 2.45) is 5.73 Å². The van der Waals surface area contributed by atoms with Gasteiger partial charge in [0.2, 0.25) is 5.91 Å². The molecule has 0 radical (unpaired) electrons. The predicted octanol–water partition coefficient (Wildman–Crippen LogP) is 2.48. The lowest BCUT2D eigenvalue weighted by atomic mass is 9.77. The second-order valence-corrected chi connectivity index (χ2v) is 5.45. The molecule has 1 fully saturated rings. The number of amides is 1. The molecule has 1 amide bonds. The summed E-state index contributed by atoms with van der Waals surface area (Å²) >= 11 is 0. The van der Waals surface area contributed by atoms with Crippen LogP contribution in [0.25, 0.3) is 0 Å². The van der Waals surface area contributed by atoms with Crippen LogP contribution in [0.3, 0.4) is 0 Å². The highest BCUT2D eigenvalue weighted by molar-refractivity contribution is 5.87. The summed E-state index contributed by atoms with van der Waals surface area (Å²) in [5.74, 6) is 0.730. The quantitative estimate of drug-likeness (QED) is 0.897. The summed E-state index contributed by atoms with van der Waals surface area (Å²) in [7, 11) is 1.64. The summed E-state index contributed by atoms with van der Waals surface area (Å²) in [6, 6.07) is 5.85. The number of methoxy groups -OCH3 is 1. The summed E-state index contributed by atoms with van der Waals surface area (Å²) < 4.78 is 5.35. The molecule has 1 aromatic carbocycles. The first-order valence-corrected chi connectivity index (χ1v) is 6.71. The SMILES string of the molecule is COc1ccc(C)cc1C(C)NC(=O)C1(N)CCC1.Cl. The van der Waals surface area contributed by atoms with E-state index in [1.54, 1.807) is 7.11 Å². The molecule has 1 aliphatic rings. The lowest BCUT2D eigenvalue weighted by molar-refractivity contribution is -0.129. The highest BCUT2D eigenvalue weighted by atomic mass is 35.5. The maximum atomic E-state index is 12.1. The van der Waals surface area contributed by atoms with E-state index in [1.165, 1.54) is 0 Å². The summed E-state index contributed by atoms with van der Waals surface area (Å²) in [5, 5.41) is 3.00. The van der Waals surface area contributed by atoms with Crippen LogP contribution in [0.1, 0.15) is 43.4 Å². The average Bonchev–Trinajstić information content (AvgIpc) is 2.35. The predicted molar refractivity (Wildman–Crippen MR) is 82.3 cm³/mol. The molecule has 0 bridgehead atoms. The maximum Gasteiger partial charge on any atom is 0.240 e. The summed E-state index contributed by atoms with van der Waals surface area (Å²) in [4.78, 5) is 12.1. The Labute approximate surface area is 126 Å². The van der Waals surface area contributed by atoms with Gasteiger partial charge in [-0.2, -0.15) is 0 Å². The van der Waals surface area contributed by atoms with E-state index in [0.29, 0.717) is 0 Å². The molecule has 0 saturated heterocycles. The Hall–Kier alpha value is -1.26. The van der Waals surface area contributed by atoms with Crippen molar-refractivity contribution >= 4 is 18.3 Å². The molecule has 20 heavy (non-hydrogen) atoms. The molecule has 4 nitrogen and oxygen atoms in total. The van der Waals surface area contributed by atoms with E-state index >= 15 is 0 Å². The lowest BCUT2D eigenvalue weighted by Gasteiger charge is -2.37. The van der Waals surface area contributed by atoms with Gasteiger partial charge in [-0.15, -0.1) is 12.4 Å². The minimum absolute atomic E-state index is 0. The highest BCUT2D eigenvalue weighted by Gasteiger charge is 2.40. The zero-order valence-corrected chi connectivity index (χ0v) is 13.0. The summed E-state index contributed by atoms with van der Waals surface area (Å²) in [5.41, 5.74) is 7.50. The Bertz CT molecular complexity index is 487. The van der Waals surface area contributed by atoms with Crippen molar-refractivity contribution in [1.29, 1.82) is 0 Å². The maximum absolute atomic E-state index is 12.1. The standard InChI is InChI=1S/C15H22N2O2.ClH/c1-10-5-6-13(19-3)12(9-10)11(2)17-14(18)15(16)7-4-8-15;/h5-6,9,11H,4,7-8,16H2,1-3H3,(H,17,18);1H. The molecule has 0 heterocycles. The largest absolute Gasteiger partial charge is 0.496 e. The molecule has 0 aliphatic heterocycles. The third kappa shape index (κ3) is 3.25. The number of carbonyl (C=O) groups is 1. The molecule has 0 spiro atoms. The molecule has 1 saturated carbocycles. The Morgan fingerprint density at radius 1 is 1.45 bits per heavy atom. The van der Waals surface area contributed by atoms with Crippen molar-refractivity contribution in [1.82, 2.24) is 5.32 Å². The molecule has 1 unspecified atom stereocenters. The van der Waals surface area contributed by atoms with Gasteiger partial charge in [-0.05, 0) is 39.2 Å². The van der Waals surface area contributed by atoms with Crippen LogP contribution in [0.2, 0.25) is 0 Å². The fraction of sp³-hybridized carbons (Fsp3) is 0.533. The smallest absolute Gasteiger partial charge is 0.240 e. The minimum Gasteiger partial charge on any atom is -0.496 e. The van der Waals surface area contributed by atoms with Crippen LogP contribution in [0.15, 0.2) is 18.2 Å². The zero-order valence-electron chi connectivity index (χ0n) is 12.2. The van der Waals surface area contributed by atoms with E-state index in [-0.39, 0.29) is 24.4 Å². The van der Waals surface area contributed by atoms with Crippen LogP contribution >= 0.6 is 12.4 Å². The minimum atomic E-state index is -0.661. The van der Waals surface area contributed by atoms with E-state index in [1.807, 2.05) is 32.0 Å². The van der Waals surface area contributed by atoms with Gasteiger partial charge in [-0.3, -0.25) is 4.79 Å². The third-order valence-corrected chi connectivity index (χ3v) is 3.90.